The lowest BCUT2D eigenvalue weighted by molar-refractivity contribution is 0.0226. The van der Waals surface area contributed by atoms with E-state index in [0.29, 0.717) is 26.4 Å². The molecule has 0 fully saturated rings. The first-order chi connectivity index (χ1) is 6.27. The number of methoxy groups -OCH3 is 1. The number of hydrogen-bond donors (Lipinski definition) is 0. The zero-order valence-electron chi connectivity index (χ0n) is 9.04. The first kappa shape index (κ1) is 16.3. The van der Waals surface area contributed by atoms with Gasteiger partial charge in [0.15, 0.2) is 0 Å². The molecule has 0 rings (SSSR count). The Morgan fingerprint density at radius 2 is 1.36 bits per heavy atom. The molecule has 0 aromatic heterocycles. The Hall–Kier alpha value is -0.120. The summed E-state index contributed by atoms with van der Waals surface area (Å²) in [5.41, 5.74) is 0. The molecule has 0 aromatic carbocycles. The van der Waals surface area contributed by atoms with Crippen molar-refractivity contribution in [1.29, 1.82) is 0 Å². The standard InChI is InChI=1S/C10H22O3.CH4/c1-10(2)4-5-12-8-9-13-7-6-11-3;/h10H,4-9H2,1-3H3;1H4. The monoisotopic (exact) mass is 206 g/mol. The van der Waals surface area contributed by atoms with E-state index in [1.54, 1.807) is 7.11 Å². The summed E-state index contributed by atoms with van der Waals surface area (Å²) < 4.78 is 15.4. The van der Waals surface area contributed by atoms with Crippen molar-refractivity contribution in [2.75, 3.05) is 40.1 Å². The first-order valence-electron chi connectivity index (χ1n) is 4.91. The average Bonchev–Trinajstić information content (AvgIpc) is 2.09. The van der Waals surface area contributed by atoms with Gasteiger partial charge in [-0.05, 0) is 12.3 Å². The van der Waals surface area contributed by atoms with Crippen LogP contribution in [0.2, 0.25) is 0 Å². The van der Waals surface area contributed by atoms with Crippen LogP contribution in [0.5, 0.6) is 0 Å². The Labute approximate surface area is 88.7 Å². The van der Waals surface area contributed by atoms with Crippen LogP contribution in [0.3, 0.4) is 0 Å². The lowest BCUT2D eigenvalue weighted by Crippen LogP contribution is -2.09. The Morgan fingerprint density at radius 1 is 0.857 bits per heavy atom. The largest absolute Gasteiger partial charge is 0.382 e. The summed E-state index contributed by atoms with van der Waals surface area (Å²) in [5, 5.41) is 0. The van der Waals surface area contributed by atoms with Crippen LogP contribution in [0.15, 0.2) is 0 Å². The predicted molar refractivity (Wildman–Crippen MR) is 59.7 cm³/mol. The molecule has 0 aliphatic rings. The molecular formula is C11H26O3. The molecule has 0 aromatic rings. The third-order valence-electron chi connectivity index (χ3n) is 1.64. The van der Waals surface area contributed by atoms with Crippen molar-refractivity contribution in [3.05, 3.63) is 0 Å². The summed E-state index contributed by atoms with van der Waals surface area (Å²) in [6.07, 6.45) is 1.12. The molecule has 0 saturated heterocycles. The molecule has 0 radical (unpaired) electrons. The van der Waals surface area contributed by atoms with Gasteiger partial charge in [0.2, 0.25) is 0 Å². The maximum Gasteiger partial charge on any atom is 0.0701 e. The highest BCUT2D eigenvalue weighted by Crippen LogP contribution is 1.98. The first-order valence-corrected chi connectivity index (χ1v) is 4.91. The minimum atomic E-state index is 0. The third kappa shape index (κ3) is 14.4. The van der Waals surface area contributed by atoms with Crippen LogP contribution in [-0.4, -0.2) is 40.1 Å². The minimum absolute atomic E-state index is 0. The lowest BCUT2D eigenvalue weighted by Gasteiger charge is -2.06. The molecule has 0 unspecified atom stereocenters. The molecule has 0 bridgehead atoms. The van der Waals surface area contributed by atoms with Crippen LogP contribution in [0.25, 0.3) is 0 Å². The van der Waals surface area contributed by atoms with Crippen molar-refractivity contribution in [2.24, 2.45) is 5.92 Å². The Morgan fingerprint density at radius 3 is 1.86 bits per heavy atom. The van der Waals surface area contributed by atoms with Crippen LogP contribution in [0.4, 0.5) is 0 Å². The zero-order chi connectivity index (χ0) is 9.94. The van der Waals surface area contributed by atoms with E-state index in [9.17, 15) is 0 Å². The van der Waals surface area contributed by atoms with Crippen molar-refractivity contribution in [2.45, 2.75) is 27.7 Å². The van der Waals surface area contributed by atoms with Crippen LogP contribution in [0.1, 0.15) is 27.7 Å². The lowest BCUT2D eigenvalue weighted by atomic mass is 10.1. The molecule has 0 spiro atoms. The van der Waals surface area contributed by atoms with Gasteiger partial charge in [0.25, 0.3) is 0 Å². The van der Waals surface area contributed by atoms with E-state index in [0.717, 1.165) is 18.9 Å². The third-order valence-corrected chi connectivity index (χ3v) is 1.64. The smallest absolute Gasteiger partial charge is 0.0701 e. The van der Waals surface area contributed by atoms with Crippen molar-refractivity contribution >= 4 is 0 Å². The normalized spacial score (nSPS) is 10.3. The summed E-state index contributed by atoms with van der Waals surface area (Å²) in [5.74, 6) is 0.717. The number of rotatable bonds is 9. The van der Waals surface area contributed by atoms with Gasteiger partial charge < -0.3 is 14.2 Å². The molecule has 3 heteroatoms. The van der Waals surface area contributed by atoms with E-state index in [1.165, 1.54) is 0 Å². The van der Waals surface area contributed by atoms with E-state index in [2.05, 4.69) is 13.8 Å². The van der Waals surface area contributed by atoms with Crippen LogP contribution in [0, 0.1) is 5.92 Å². The van der Waals surface area contributed by atoms with Gasteiger partial charge in [-0.25, -0.2) is 0 Å². The van der Waals surface area contributed by atoms with Crippen molar-refractivity contribution < 1.29 is 14.2 Å². The van der Waals surface area contributed by atoms with Gasteiger partial charge in [-0.3, -0.25) is 0 Å². The topological polar surface area (TPSA) is 27.7 Å². The minimum Gasteiger partial charge on any atom is -0.382 e. The molecule has 0 aliphatic carbocycles. The molecule has 0 atom stereocenters. The highest BCUT2D eigenvalue weighted by molar-refractivity contribution is 4.42. The molecular weight excluding hydrogens is 180 g/mol. The van der Waals surface area contributed by atoms with Crippen molar-refractivity contribution in [3.63, 3.8) is 0 Å². The molecule has 0 amide bonds. The van der Waals surface area contributed by atoms with E-state index >= 15 is 0 Å². The quantitative estimate of drug-likeness (QED) is 0.542. The van der Waals surface area contributed by atoms with Gasteiger partial charge in [0, 0.05) is 13.7 Å². The van der Waals surface area contributed by atoms with E-state index < -0.39 is 0 Å². The van der Waals surface area contributed by atoms with Crippen molar-refractivity contribution in [3.8, 4) is 0 Å². The number of ether oxygens (including phenoxy) is 3. The summed E-state index contributed by atoms with van der Waals surface area (Å²) in [6, 6.07) is 0. The highest BCUT2D eigenvalue weighted by atomic mass is 16.5. The molecule has 0 N–H and O–H groups in total. The van der Waals surface area contributed by atoms with E-state index in [-0.39, 0.29) is 7.43 Å². The molecule has 0 saturated carbocycles. The SMILES string of the molecule is C.COCCOCCOCCC(C)C. The van der Waals surface area contributed by atoms with Gasteiger partial charge in [-0.1, -0.05) is 21.3 Å². The van der Waals surface area contributed by atoms with Crippen LogP contribution >= 0.6 is 0 Å². The van der Waals surface area contributed by atoms with Gasteiger partial charge in [-0.2, -0.15) is 0 Å². The molecule has 3 nitrogen and oxygen atoms in total. The van der Waals surface area contributed by atoms with Gasteiger partial charge in [0.1, 0.15) is 0 Å². The predicted octanol–water partition coefficient (Wildman–Crippen LogP) is 2.35. The number of hydrogen-bond acceptors (Lipinski definition) is 3. The fraction of sp³-hybridized carbons (Fsp3) is 1.00. The fourth-order valence-corrected chi connectivity index (χ4v) is 0.783. The maximum atomic E-state index is 5.36. The Balaban J connectivity index is 0. The zero-order valence-corrected chi connectivity index (χ0v) is 9.04. The summed E-state index contributed by atoms with van der Waals surface area (Å²) in [6.45, 7) is 7.90. The molecule has 14 heavy (non-hydrogen) atoms. The highest BCUT2D eigenvalue weighted by Gasteiger charge is 1.93. The Kier molecular flexibility index (Phi) is 15.0. The van der Waals surface area contributed by atoms with Gasteiger partial charge in [0.05, 0.1) is 26.4 Å². The van der Waals surface area contributed by atoms with Gasteiger partial charge in [-0.15, -0.1) is 0 Å². The van der Waals surface area contributed by atoms with Crippen molar-refractivity contribution in [1.82, 2.24) is 0 Å². The molecule has 0 aliphatic heterocycles. The van der Waals surface area contributed by atoms with Crippen LogP contribution < -0.4 is 0 Å². The van der Waals surface area contributed by atoms with E-state index in [1.807, 2.05) is 0 Å². The van der Waals surface area contributed by atoms with E-state index in [4.69, 9.17) is 14.2 Å². The fourth-order valence-electron chi connectivity index (χ4n) is 0.783. The molecule has 88 valence electrons. The maximum absolute atomic E-state index is 5.36. The van der Waals surface area contributed by atoms with Gasteiger partial charge >= 0.3 is 0 Å². The second kappa shape index (κ2) is 12.9. The average molecular weight is 206 g/mol. The Bertz CT molecular complexity index is 94.5. The summed E-state index contributed by atoms with van der Waals surface area (Å²) in [7, 11) is 1.67. The second-order valence-electron chi connectivity index (χ2n) is 3.40. The second-order valence-corrected chi connectivity index (χ2v) is 3.40. The van der Waals surface area contributed by atoms with Crippen LogP contribution in [-0.2, 0) is 14.2 Å². The summed E-state index contributed by atoms with van der Waals surface area (Å²) in [4.78, 5) is 0. The molecule has 0 heterocycles. The summed E-state index contributed by atoms with van der Waals surface area (Å²) >= 11 is 0.